The molecule has 0 aromatic carbocycles. The summed E-state index contributed by atoms with van der Waals surface area (Å²) in [5.74, 6) is 0. The largest absolute Gasteiger partial charge is 1.00 e. The molecule has 88 valence electrons. The minimum Gasteiger partial charge on any atom is -0.822 e. The van der Waals surface area contributed by atoms with Crippen molar-refractivity contribution in [1.29, 1.82) is 0 Å². The normalized spacial score (nSPS) is 12.8. The molecule has 0 saturated carbocycles. The molecule has 18 heavy (non-hydrogen) atoms. The molecule has 0 aliphatic heterocycles. The summed E-state index contributed by atoms with van der Waals surface area (Å²) in [4.78, 5) is 58.2. The van der Waals surface area contributed by atoms with Crippen LogP contribution < -0.4 is 138 Å². The Morgan fingerprint density at radius 1 is 0.722 bits per heavy atom. The molecule has 0 aliphatic carbocycles. The van der Waals surface area contributed by atoms with Crippen LogP contribution >= 0.6 is 23.5 Å². The van der Waals surface area contributed by atoms with Crippen molar-refractivity contribution in [2.45, 2.75) is 0 Å². The molecular weight excluding hydrogens is 361 g/mol. The molecular formula is H3Na4O11P3. The molecule has 0 saturated heterocycles. The Morgan fingerprint density at radius 3 is 0.889 bits per heavy atom. The van der Waals surface area contributed by atoms with Crippen LogP contribution in [0, 0.1) is 0 Å². The molecule has 18 heteroatoms. The second-order valence-corrected chi connectivity index (χ2v) is 4.95. The topological polar surface area (TPSA) is 213 Å². The van der Waals surface area contributed by atoms with Gasteiger partial charge in [-0.2, -0.15) is 7.82 Å². The summed E-state index contributed by atoms with van der Waals surface area (Å²) in [6.07, 6.45) is 0. The van der Waals surface area contributed by atoms with Crippen molar-refractivity contribution >= 4 is 23.5 Å². The fourth-order valence-corrected chi connectivity index (χ4v) is 1.21. The number of hydrogen-bond donors (Lipinski definition) is 3. The van der Waals surface area contributed by atoms with Crippen molar-refractivity contribution in [2.24, 2.45) is 0 Å². The van der Waals surface area contributed by atoms with E-state index in [1.54, 1.807) is 0 Å². The number of rotatable bonds is 2. The average Bonchev–Trinajstić information content (AvgIpc) is 1.42. The zero-order valence-electron chi connectivity index (χ0n) is 9.95. The standard InChI is InChI=1S/4Na.H4O7P2.H3O4P/c;;;;1-8(2,3)7-9(4,5)6;1-5(2,3)4/h;;;;(H2,1,2,3)(H2,4,5,6);(H3,1,2,3,4)/q4*+1;;/p-4. The molecule has 0 spiro atoms. The summed E-state index contributed by atoms with van der Waals surface area (Å²) in [6.45, 7) is 0. The summed E-state index contributed by atoms with van der Waals surface area (Å²) in [5.41, 5.74) is 0. The van der Waals surface area contributed by atoms with Crippen LogP contribution in [0.5, 0.6) is 0 Å². The van der Waals surface area contributed by atoms with Gasteiger partial charge < -0.3 is 38.8 Å². The maximum atomic E-state index is 9.59. The third-order valence-corrected chi connectivity index (χ3v) is 1.89. The van der Waals surface area contributed by atoms with Gasteiger partial charge in [0.05, 0.1) is 0 Å². The monoisotopic (exact) mass is 364 g/mol. The van der Waals surface area contributed by atoms with Crippen LogP contribution in [-0.4, -0.2) is 14.7 Å². The van der Waals surface area contributed by atoms with Gasteiger partial charge in [-0.05, 0) is 0 Å². The van der Waals surface area contributed by atoms with Gasteiger partial charge in [-0.3, -0.25) is 4.57 Å². The second-order valence-electron chi connectivity index (χ2n) is 1.49. The van der Waals surface area contributed by atoms with Gasteiger partial charge in [-0.15, -0.1) is 0 Å². The third-order valence-electron chi connectivity index (χ3n) is 0.210. The Kier molecular flexibility index (Phi) is 34.4. The first-order valence-corrected chi connectivity index (χ1v) is 6.73. The van der Waals surface area contributed by atoms with Crippen LogP contribution in [0.15, 0.2) is 0 Å². The summed E-state index contributed by atoms with van der Waals surface area (Å²) in [7, 11) is -15.8. The Hall–Kier alpha value is 4.37. The minimum absolute atomic E-state index is 0. The van der Waals surface area contributed by atoms with Gasteiger partial charge in [-0.1, -0.05) is 0 Å². The number of phosphoric acid groups is 3. The average molecular weight is 364 g/mol. The van der Waals surface area contributed by atoms with E-state index in [0.29, 0.717) is 0 Å². The quantitative estimate of drug-likeness (QED) is 0.309. The van der Waals surface area contributed by atoms with Gasteiger partial charge in [0, 0.05) is 0 Å². The van der Waals surface area contributed by atoms with Crippen molar-refractivity contribution < 1.29 is 170 Å². The second kappa shape index (κ2) is 16.2. The molecule has 0 rings (SSSR count). The third kappa shape index (κ3) is 71.1. The predicted molar refractivity (Wildman–Crippen MR) is 30.6 cm³/mol. The molecule has 1 unspecified atom stereocenters. The van der Waals surface area contributed by atoms with E-state index in [1.807, 2.05) is 0 Å². The number of hydrogen-bond acceptors (Lipinski definition) is 8. The van der Waals surface area contributed by atoms with Crippen LogP contribution in [0.25, 0.3) is 0 Å². The molecule has 0 bridgehead atoms. The molecule has 0 aromatic rings. The Balaban J connectivity index is -0.0000000359. The van der Waals surface area contributed by atoms with Crippen molar-refractivity contribution in [2.75, 3.05) is 0 Å². The fourth-order valence-electron chi connectivity index (χ4n) is 0.134. The molecule has 0 fully saturated rings. The Morgan fingerprint density at radius 2 is 0.889 bits per heavy atom. The minimum atomic E-state index is -5.39. The van der Waals surface area contributed by atoms with Crippen molar-refractivity contribution in [3.8, 4) is 0 Å². The molecule has 0 amide bonds. The van der Waals surface area contributed by atoms with E-state index in [4.69, 9.17) is 33.9 Å². The molecule has 0 radical (unpaired) electrons. The zero-order chi connectivity index (χ0) is 12.2. The molecule has 0 heterocycles. The van der Waals surface area contributed by atoms with E-state index in [0.717, 1.165) is 0 Å². The molecule has 11 nitrogen and oxygen atoms in total. The Bertz CT molecular complexity index is 267. The van der Waals surface area contributed by atoms with Gasteiger partial charge in [0.2, 0.25) is 0 Å². The summed E-state index contributed by atoms with van der Waals surface area (Å²) in [6, 6.07) is 0. The maximum Gasteiger partial charge on any atom is 1.00 e. The maximum absolute atomic E-state index is 9.59. The SMILES string of the molecule is O=P([O-])(O)OP(=O)(O)O.O=P([O-])([O-])[O-].[Na+].[Na+].[Na+].[Na+]. The first kappa shape index (κ1) is 38.1. The van der Waals surface area contributed by atoms with Crippen molar-refractivity contribution in [3.63, 3.8) is 0 Å². The van der Waals surface area contributed by atoms with Gasteiger partial charge in [0.1, 0.15) is 0 Å². The summed E-state index contributed by atoms with van der Waals surface area (Å²) < 4.78 is 30.5. The first-order valence-electron chi connectivity index (χ1n) is 2.24. The van der Waals surface area contributed by atoms with Crippen LogP contribution in [0.1, 0.15) is 0 Å². The summed E-state index contributed by atoms with van der Waals surface area (Å²) in [5, 5.41) is 0. The van der Waals surface area contributed by atoms with Crippen LogP contribution in [0.2, 0.25) is 0 Å². The van der Waals surface area contributed by atoms with E-state index in [9.17, 15) is 14.0 Å². The van der Waals surface area contributed by atoms with Crippen LogP contribution in [0.4, 0.5) is 0 Å². The van der Waals surface area contributed by atoms with E-state index >= 15 is 0 Å². The van der Waals surface area contributed by atoms with Crippen molar-refractivity contribution in [1.82, 2.24) is 0 Å². The van der Waals surface area contributed by atoms with Gasteiger partial charge >= 0.3 is 126 Å². The van der Waals surface area contributed by atoms with Crippen molar-refractivity contribution in [3.05, 3.63) is 0 Å². The molecule has 3 N–H and O–H groups in total. The van der Waals surface area contributed by atoms with E-state index in [-0.39, 0.29) is 118 Å². The molecule has 0 aliphatic rings. The van der Waals surface area contributed by atoms with Gasteiger partial charge in [-0.25, -0.2) is 8.88 Å². The summed E-state index contributed by atoms with van der Waals surface area (Å²) >= 11 is 0. The van der Waals surface area contributed by atoms with Crippen LogP contribution in [-0.2, 0) is 18.0 Å². The van der Waals surface area contributed by atoms with E-state index in [1.165, 1.54) is 0 Å². The zero-order valence-corrected chi connectivity index (χ0v) is 20.6. The van der Waals surface area contributed by atoms with E-state index < -0.39 is 23.5 Å². The molecule has 1 atom stereocenters. The van der Waals surface area contributed by atoms with Crippen LogP contribution in [0.3, 0.4) is 0 Å². The smallest absolute Gasteiger partial charge is 0.822 e. The fraction of sp³-hybridized carbons (Fsp3) is 0. The predicted octanol–water partition coefficient (Wildman–Crippen LogP) is -16.3. The first-order chi connectivity index (χ1) is 5.71. The van der Waals surface area contributed by atoms with E-state index in [2.05, 4.69) is 4.31 Å². The molecule has 0 aromatic heterocycles. The van der Waals surface area contributed by atoms with Gasteiger partial charge in [0.25, 0.3) is 7.82 Å². The Labute approximate surface area is 190 Å². The van der Waals surface area contributed by atoms with Gasteiger partial charge in [0.15, 0.2) is 0 Å².